The predicted octanol–water partition coefficient (Wildman–Crippen LogP) is 2.87. The van der Waals surface area contributed by atoms with E-state index in [-0.39, 0.29) is 12.0 Å². The smallest absolute Gasteiger partial charge is 0.335 e. The number of aliphatic carboxylic acids is 1. The van der Waals surface area contributed by atoms with Gasteiger partial charge in [-0.25, -0.2) is 9.59 Å². The van der Waals surface area contributed by atoms with Crippen LogP contribution in [0.4, 0.5) is 0 Å². The molecule has 27 heavy (non-hydrogen) atoms. The maximum Gasteiger partial charge on any atom is 0.335 e. The number of ether oxygens (including phenoxy) is 3. The van der Waals surface area contributed by atoms with Crippen LogP contribution in [0.15, 0.2) is 48.5 Å². The van der Waals surface area contributed by atoms with Crippen molar-refractivity contribution in [1.82, 2.24) is 0 Å². The molecule has 144 valence electrons. The van der Waals surface area contributed by atoms with Gasteiger partial charge in [0, 0.05) is 20.0 Å². The molecule has 1 atom stereocenters. The Morgan fingerprint density at radius 3 is 2.19 bits per heavy atom. The quantitative estimate of drug-likeness (QED) is 0.583. The molecule has 2 rings (SSSR count). The first kappa shape index (κ1) is 20.3. The SMILES string of the molecule is COC(Cc1cccc(OCCCOc2cccc(C(=O)O)c2)c1)C(=O)O. The number of carboxylic acids is 2. The van der Waals surface area contributed by atoms with Gasteiger partial charge >= 0.3 is 11.9 Å². The van der Waals surface area contributed by atoms with Crippen LogP contribution < -0.4 is 9.47 Å². The summed E-state index contributed by atoms with van der Waals surface area (Å²) in [5, 5.41) is 18.0. The van der Waals surface area contributed by atoms with E-state index in [9.17, 15) is 9.59 Å². The summed E-state index contributed by atoms with van der Waals surface area (Å²) in [6.45, 7) is 0.794. The molecule has 2 N–H and O–H groups in total. The van der Waals surface area contributed by atoms with Crippen LogP contribution >= 0.6 is 0 Å². The maximum absolute atomic E-state index is 11.0. The molecule has 0 heterocycles. The molecule has 0 spiro atoms. The summed E-state index contributed by atoms with van der Waals surface area (Å²) in [6.07, 6.45) is -0.0288. The van der Waals surface area contributed by atoms with E-state index in [0.29, 0.717) is 31.1 Å². The number of carboxylic acid groups (broad SMARTS) is 2. The van der Waals surface area contributed by atoms with Crippen LogP contribution in [0, 0.1) is 0 Å². The summed E-state index contributed by atoms with van der Waals surface area (Å²) >= 11 is 0. The lowest BCUT2D eigenvalue weighted by atomic mass is 10.1. The first-order chi connectivity index (χ1) is 13.0. The molecule has 0 bridgehead atoms. The second-order valence-corrected chi connectivity index (χ2v) is 5.80. The summed E-state index contributed by atoms with van der Waals surface area (Å²) < 4.78 is 16.1. The number of hydrogen-bond donors (Lipinski definition) is 2. The number of benzene rings is 2. The molecule has 0 aliphatic heterocycles. The average molecular weight is 374 g/mol. The Bertz CT molecular complexity index is 772. The van der Waals surface area contributed by atoms with E-state index in [2.05, 4.69) is 0 Å². The van der Waals surface area contributed by atoms with E-state index in [4.69, 9.17) is 24.4 Å². The fraction of sp³-hybridized carbons (Fsp3) is 0.300. The number of methoxy groups -OCH3 is 1. The lowest BCUT2D eigenvalue weighted by molar-refractivity contribution is -0.148. The first-order valence-electron chi connectivity index (χ1n) is 8.43. The zero-order valence-electron chi connectivity index (χ0n) is 15.0. The molecule has 0 amide bonds. The molecule has 0 aliphatic rings. The highest BCUT2D eigenvalue weighted by Gasteiger charge is 2.16. The van der Waals surface area contributed by atoms with E-state index < -0.39 is 18.0 Å². The van der Waals surface area contributed by atoms with Crippen LogP contribution in [-0.4, -0.2) is 48.6 Å². The van der Waals surface area contributed by atoms with Crippen molar-refractivity contribution >= 4 is 11.9 Å². The predicted molar refractivity (Wildman–Crippen MR) is 97.6 cm³/mol. The van der Waals surface area contributed by atoms with E-state index in [0.717, 1.165) is 5.56 Å². The standard InChI is InChI=1S/C20H22O7/c1-25-18(20(23)24)12-14-5-2-7-16(11-14)26-9-4-10-27-17-8-3-6-15(13-17)19(21)22/h2-3,5-8,11,13,18H,4,9-10,12H2,1H3,(H,21,22)(H,23,24). The minimum Gasteiger partial charge on any atom is -0.493 e. The Hall–Kier alpha value is -3.06. The molecule has 1 unspecified atom stereocenters. The van der Waals surface area contributed by atoms with Crippen molar-refractivity contribution in [2.45, 2.75) is 18.9 Å². The van der Waals surface area contributed by atoms with Gasteiger partial charge in [-0.15, -0.1) is 0 Å². The van der Waals surface area contributed by atoms with Crippen LogP contribution in [0.1, 0.15) is 22.3 Å². The molecule has 0 fully saturated rings. The van der Waals surface area contributed by atoms with Gasteiger partial charge < -0.3 is 24.4 Å². The lowest BCUT2D eigenvalue weighted by Crippen LogP contribution is -2.24. The van der Waals surface area contributed by atoms with E-state index in [1.807, 2.05) is 6.07 Å². The molecular formula is C20H22O7. The van der Waals surface area contributed by atoms with Crippen LogP contribution in [0.3, 0.4) is 0 Å². The van der Waals surface area contributed by atoms with Gasteiger partial charge in [0.2, 0.25) is 0 Å². The molecule has 7 heteroatoms. The Morgan fingerprint density at radius 2 is 1.59 bits per heavy atom. The molecule has 0 saturated carbocycles. The van der Waals surface area contributed by atoms with Gasteiger partial charge in [-0.1, -0.05) is 18.2 Å². The van der Waals surface area contributed by atoms with Gasteiger partial charge in [0.1, 0.15) is 11.5 Å². The van der Waals surface area contributed by atoms with Crippen molar-refractivity contribution in [3.8, 4) is 11.5 Å². The third kappa shape index (κ3) is 6.63. The summed E-state index contributed by atoms with van der Waals surface area (Å²) in [4.78, 5) is 22.0. The fourth-order valence-electron chi connectivity index (χ4n) is 2.41. The molecular weight excluding hydrogens is 352 g/mol. The Kier molecular flexibility index (Phi) is 7.63. The van der Waals surface area contributed by atoms with Crippen LogP contribution in [0.25, 0.3) is 0 Å². The maximum atomic E-state index is 11.0. The highest BCUT2D eigenvalue weighted by atomic mass is 16.5. The van der Waals surface area contributed by atoms with Crippen LogP contribution in [-0.2, 0) is 16.0 Å². The van der Waals surface area contributed by atoms with Crippen molar-refractivity contribution < 1.29 is 34.0 Å². The van der Waals surface area contributed by atoms with Crippen LogP contribution in [0.2, 0.25) is 0 Å². The van der Waals surface area contributed by atoms with Crippen molar-refractivity contribution in [3.05, 3.63) is 59.7 Å². The average Bonchev–Trinajstić information content (AvgIpc) is 2.66. The van der Waals surface area contributed by atoms with E-state index >= 15 is 0 Å². The molecule has 2 aromatic rings. The molecule has 7 nitrogen and oxygen atoms in total. The lowest BCUT2D eigenvalue weighted by Gasteiger charge is -2.12. The Morgan fingerprint density at radius 1 is 0.963 bits per heavy atom. The topological polar surface area (TPSA) is 102 Å². The third-order valence-corrected chi connectivity index (χ3v) is 3.79. The number of carbonyl (C=O) groups is 2. The second kappa shape index (κ2) is 10.2. The molecule has 0 aliphatic carbocycles. The fourth-order valence-corrected chi connectivity index (χ4v) is 2.41. The van der Waals surface area contributed by atoms with Gasteiger partial charge in [0.05, 0.1) is 18.8 Å². The van der Waals surface area contributed by atoms with Crippen molar-refractivity contribution in [2.75, 3.05) is 20.3 Å². The molecule has 0 radical (unpaired) electrons. The van der Waals surface area contributed by atoms with Gasteiger partial charge in [-0.3, -0.25) is 0 Å². The monoisotopic (exact) mass is 374 g/mol. The van der Waals surface area contributed by atoms with E-state index in [1.54, 1.807) is 30.3 Å². The third-order valence-electron chi connectivity index (χ3n) is 3.79. The normalized spacial score (nSPS) is 11.6. The summed E-state index contributed by atoms with van der Waals surface area (Å²) in [7, 11) is 1.37. The number of rotatable bonds is 11. The van der Waals surface area contributed by atoms with Crippen molar-refractivity contribution in [3.63, 3.8) is 0 Å². The first-order valence-corrected chi connectivity index (χ1v) is 8.43. The van der Waals surface area contributed by atoms with Gasteiger partial charge in [0.25, 0.3) is 0 Å². The highest BCUT2D eigenvalue weighted by Crippen LogP contribution is 2.17. The summed E-state index contributed by atoms with van der Waals surface area (Å²) in [5.74, 6) is -0.869. The summed E-state index contributed by atoms with van der Waals surface area (Å²) in [6, 6.07) is 13.5. The molecule has 2 aromatic carbocycles. The van der Waals surface area contributed by atoms with Crippen LogP contribution in [0.5, 0.6) is 11.5 Å². The second-order valence-electron chi connectivity index (χ2n) is 5.80. The summed E-state index contributed by atoms with van der Waals surface area (Å²) in [5.41, 5.74) is 0.986. The number of hydrogen-bond acceptors (Lipinski definition) is 5. The van der Waals surface area contributed by atoms with Gasteiger partial charge in [-0.2, -0.15) is 0 Å². The minimum absolute atomic E-state index is 0.177. The largest absolute Gasteiger partial charge is 0.493 e. The minimum atomic E-state index is -1.01. The van der Waals surface area contributed by atoms with Crippen molar-refractivity contribution in [1.29, 1.82) is 0 Å². The van der Waals surface area contributed by atoms with Gasteiger partial charge in [-0.05, 0) is 35.9 Å². The number of aromatic carboxylic acids is 1. The molecule has 0 saturated heterocycles. The highest BCUT2D eigenvalue weighted by molar-refractivity contribution is 5.88. The zero-order valence-corrected chi connectivity index (χ0v) is 15.0. The van der Waals surface area contributed by atoms with Gasteiger partial charge in [0.15, 0.2) is 6.10 Å². The van der Waals surface area contributed by atoms with E-state index in [1.165, 1.54) is 19.2 Å². The molecule has 0 aromatic heterocycles. The van der Waals surface area contributed by atoms with Crippen molar-refractivity contribution in [2.24, 2.45) is 0 Å². The zero-order chi connectivity index (χ0) is 19.6. The Balaban J connectivity index is 1.77. The Labute approximate surface area is 157 Å².